The van der Waals surface area contributed by atoms with Crippen LogP contribution in [0.2, 0.25) is 5.02 Å². The predicted octanol–water partition coefficient (Wildman–Crippen LogP) is 4.20. The molecule has 4 heterocycles. The van der Waals surface area contributed by atoms with Crippen LogP contribution in [0.25, 0.3) is 10.9 Å². The highest BCUT2D eigenvalue weighted by atomic mass is 35.5. The van der Waals surface area contributed by atoms with Crippen LogP contribution < -0.4 is 25.8 Å². The molecular weight excluding hydrogens is 575 g/mol. The molecule has 2 aliphatic heterocycles. The van der Waals surface area contributed by atoms with Crippen molar-refractivity contribution in [3.05, 3.63) is 39.8 Å². The Hall–Kier alpha value is -3.74. The Bertz CT molecular complexity index is 1610. The Labute approximate surface area is 244 Å². The topological polar surface area (TPSA) is 105 Å². The molecule has 0 radical (unpaired) electrons. The fourth-order valence-electron chi connectivity index (χ4n) is 5.77. The maximum Gasteiger partial charge on any atom is 0.301 e. The normalized spacial score (nSPS) is 23.4. The molecule has 0 spiro atoms. The minimum absolute atomic E-state index is 0.0346. The van der Waals surface area contributed by atoms with Crippen LogP contribution in [0.1, 0.15) is 19.3 Å². The first-order chi connectivity index (χ1) is 19.9. The Kier molecular flexibility index (Phi) is 7.11. The number of amides is 1. The second-order valence-electron chi connectivity index (χ2n) is 11.5. The van der Waals surface area contributed by atoms with Gasteiger partial charge in [-0.15, -0.1) is 0 Å². The second kappa shape index (κ2) is 10.5. The summed E-state index contributed by atoms with van der Waals surface area (Å²) in [4.78, 5) is 37.5. The number of nitrogens with one attached hydrogen (secondary N) is 2. The summed E-state index contributed by atoms with van der Waals surface area (Å²) < 4.78 is 51.3. The number of nitrogens with zero attached hydrogens (tertiary/aromatic N) is 5. The van der Waals surface area contributed by atoms with E-state index >= 15 is 0 Å². The van der Waals surface area contributed by atoms with E-state index in [4.69, 9.17) is 16.3 Å². The quantitative estimate of drug-likeness (QED) is 0.446. The minimum Gasteiger partial charge on any atom is -0.480 e. The fourth-order valence-corrected chi connectivity index (χ4v) is 5.90. The van der Waals surface area contributed by atoms with E-state index in [1.165, 1.54) is 15.7 Å². The molecule has 224 valence electrons. The summed E-state index contributed by atoms with van der Waals surface area (Å²) in [5, 5.41) is 6.81. The fraction of sp³-hybridized carbons (Fsp3) is 0.500. The van der Waals surface area contributed by atoms with Gasteiger partial charge >= 0.3 is 5.92 Å². The molecule has 3 aromatic rings. The number of piperidine rings is 1. The lowest BCUT2D eigenvalue weighted by Gasteiger charge is -2.35. The van der Waals surface area contributed by atoms with Crippen molar-refractivity contribution in [2.45, 2.75) is 37.4 Å². The van der Waals surface area contributed by atoms with Gasteiger partial charge in [-0.3, -0.25) is 9.59 Å². The maximum atomic E-state index is 15.0. The van der Waals surface area contributed by atoms with Gasteiger partial charge in [-0.2, -0.15) is 4.98 Å². The Balaban J connectivity index is 1.34. The van der Waals surface area contributed by atoms with Gasteiger partial charge in [-0.05, 0) is 43.4 Å². The van der Waals surface area contributed by atoms with Gasteiger partial charge in [0, 0.05) is 38.8 Å². The van der Waals surface area contributed by atoms with Gasteiger partial charge in [-0.1, -0.05) is 11.6 Å². The van der Waals surface area contributed by atoms with E-state index in [9.17, 15) is 22.8 Å². The maximum absolute atomic E-state index is 15.0. The molecule has 6 rings (SSSR count). The highest BCUT2D eigenvalue weighted by molar-refractivity contribution is 6.33. The molecule has 1 aromatic carbocycles. The highest BCUT2D eigenvalue weighted by Crippen LogP contribution is 2.45. The molecule has 10 nitrogen and oxygen atoms in total. The number of alkyl halides is 3. The third-order valence-electron chi connectivity index (χ3n) is 8.08. The molecule has 42 heavy (non-hydrogen) atoms. The summed E-state index contributed by atoms with van der Waals surface area (Å²) in [6, 6.07) is 3.96. The summed E-state index contributed by atoms with van der Waals surface area (Å²) in [6.45, 7) is -0.594. The largest absolute Gasteiger partial charge is 0.480 e. The lowest BCUT2D eigenvalue weighted by molar-refractivity contribution is -0.133. The Morgan fingerprint density at radius 3 is 2.74 bits per heavy atom. The van der Waals surface area contributed by atoms with Gasteiger partial charge in [0.1, 0.15) is 11.2 Å². The summed E-state index contributed by atoms with van der Waals surface area (Å²) in [7, 11) is 4.82. The van der Waals surface area contributed by atoms with E-state index in [0.29, 0.717) is 29.4 Å². The van der Waals surface area contributed by atoms with Gasteiger partial charge in [0.25, 0.3) is 5.56 Å². The molecule has 1 saturated heterocycles. The molecule has 14 heteroatoms. The van der Waals surface area contributed by atoms with E-state index in [-0.39, 0.29) is 59.6 Å². The predicted molar refractivity (Wildman–Crippen MR) is 154 cm³/mol. The molecule has 1 amide bonds. The number of hydrogen-bond acceptors (Lipinski definition) is 8. The molecule has 2 fully saturated rings. The number of fused-ring (bicyclic) bond motifs is 3. The van der Waals surface area contributed by atoms with Crippen molar-refractivity contribution < 1.29 is 22.7 Å². The number of carbonyl (C=O) groups is 1. The SMILES string of the molecule is CN(C)C(=O)C1CC(F)CN(c2ncc(Cl)c(Nc3ccc4c(c3)c3c(c(=O)n4C)OCC(F)(F)[C@H](C4CC4)N3)n2)C1. The zero-order chi connectivity index (χ0) is 29.9. The molecule has 1 saturated carbocycles. The summed E-state index contributed by atoms with van der Waals surface area (Å²) in [5.74, 6) is -3.77. The second-order valence-corrected chi connectivity index (χ2v) is 11.9. The monoisotopic (exact) mass is 605 g/mol. The number of pyridine rings is 1. The minimum atomic E-state index is -3.15. The first kappa shape index (κ1) is 28.4. The van der Waals surface area contributed by atoms with Crippen molar-refractivity contribution in [3.63, 3.8) is 0 Å². The zero-order valence-electron chi connectivity index (χ0n) is 23.3. The first-order valence-corrected chi connectivity index (χ1v) is 14.1. The molecule has 0 bridgehead atoms. The van der Waals surface area contributed by atoms with Crippen LogP contribution in [0.5, 0.6) is 5.75 Å². The van der Waals surface area contributed by atoms with E-state index in [1.54, 1.807) is 44.2 Å². The lowest BCUT2D eigenvalue weighted by Crippen LogP contribution is -2.47. The van der Waals surface area contributed by atoms with E-state index in [0.717, 1.165) is 0 Å². The summed E-state index contributed by atoms with van der Waals surface area (Å²) in [5.41, 5.74) is 0.742. The first-order valence-electron chi connectivity index (χ1n) is 13.8. The molecule has 2 N–H and O–H groups in total. The Morgan fingerprint density at radius 1 is 1.26 bits per heavy atom. The molecule has 2 aromatic heterocycles. The van der Waals surface area contributed by atoms with Gasteiger partial charge in [0.2, 0.25) is 17.6 Å². The molecule has 3 atom stereocenters. The van der Waals surface area contributed by atoms with E-state index in [2.05, 4.69) is 20.6 Å². The number of hydrogen-bond donors (Lipinski definition) is 2. The van der Waals surface area contributed by atoms with Crippen LogP contribution in [-0.4, -0.2) is 77.3 Å². The number of anilines is 4. The van der Waals surface area contributed by atoms with Crippen molar-refractivity contribution in [2.24, 2.45) is 18.9 Å². The van der Waals surface area contributed by atoms with Crippen LogP contribution in [0.3, 0.4) is 0 Å². The van der Waals surface area contributed by atoms with Crippen LogP contribution in [-0.2, 0) is 11.8 Å². The number of benzene rings is 1. The highest BCUT2D eigenvalue weighted by Gasteiger charge is 2.51. The van der Waals surface area contributed by atoms with Crippen molar-refractivity contribution in [2.75, 3.05) is 49.3 Å². The van der Waals surface area contributed by atoms with Gasteiger partial charge < -0.3 is 29.7 Å². The molecule has 2 unspecified atom stereocenters. The standard InChI is InChI=1S/C28H31ClF3N7O3/c1-37(2)25(40)15-8-16(30)12-39(11-15)27-33-10-19(29)24(36-27)34-17-6-7-20-18(9-17)21-22(26(41)38(20)3)42-13-28(31,32)23(35-21)14-4-5-14/h6-7,9-10,14-16,23,35H,4-5,8,11-13H2,1-3H3,(H,33,34,36)/t15?,16?,23-/m0/s1. The number of halogens is 4. The van der Waals surface area contributed by atoms with Gasteiger partial charge in [0.05, 0.1) is 35.9 Å². The molecule has 1 aliphatic carbocycles. The van der Waals surface area contributed by atoms with Crippen molar-refractivity contribution >= 4 is 51.6 Å². The van der Waals surface area contributed by atoms with Crippen LogP contribution >= 0.6 is 11.6 Å². The van der Waals surface area contributed by atoms with Crippen LogP contribution in [0.4, 0.5) is 36.3 Å². The summed E-state index contributed by atoms with van der Waals surface area (Å²) in [6.07, 6.45) is 1.65. The molecular formula is C28H31ClF3N7O3. The van der Waals surface area contributed by atoms with Crippen molar-refractivity contribution in [1.29, 1.82) is 0 Å². The third-order valence-corrected chi connectivity index (χ3v) is 8.35. The average Bonchev–Trinajstić information content (AvgIpc) is 3.79. The van der Waals surface area contributed by atoms with Crippen molar-refractivity contribution in [3.8, 4) is 5.75 Å². The number of aryl methyl sites for hydroxylation is 1. The number of carbonyl (C=O) groups excluding carboxylic acids is 1. The third kappa shape index (κ3) is 5.18. The van der Waals surface area contributed by atoms with E-state index in [1.807, 2.05) is 0 Å². The van der Waals surface area contributed by atoms with Gasteiger partial charge in [0.15, 0.2) is 12.4 Å². The van der Waals surface area contributed by atoms with Crippen molar-refractivity contribution in [1.82, 2.24) is 19.4 Å². The number of ether oxygens (including phenoxy) is 1. The van der Waals surface area contributed by atoms with Crippen LogP contribution in [0.15, 0.2) is 29.2 Å². The smallest absolute Gasteiger partial charge is 0.301 e. The lowest BCUT2D eigenvalue weighted by atomic mass is 9.96. The average molecular weight is 606 g/mol. The summed E-state index contributed by atoms with van der Waals surface area (Å²) >= 11 is 6.43. The zero-order valence-corrected chi connectivity index (χ0v) is 24.1. The Morgan fingerprint density at radius 2 is 2.02 bits per heavy atom. The van der Waals surface area contributed by atoms with E-state index < -0.39 is 36.2 Å². The van der Waals surface area contributed by atoms with Crippen LogP contribution in [0, 0.1) is 11.8 Å². The number of aromatic nitrogens is 3. The van der Waals surface area contributed by atoms with Gasteiger partial charge in [-0.25, -0.2) is 18.2 Å². The molecule has 3 aliphatic rings. The number of rotatable bonds is 5.